The Morgan fingerprint density at radius 2 is 2.06 bits per heavy atom. The lowest BCUT2D eigenvalue weighted by molar-refractivity contribution is 0.0232. The number of guanidine groups is 1. The predicted octanol–water partition coefficient (Wildman–Crippen LogP) is 1.74. The van der Waals surface area contributed by atoms with Crippen molar-refractivity contribution in [3.8, 4) is 0 Å². The summed E-state index contributed by atoms with van der Waals surface area (Å²) in [5.41, 5.74) is 6.11. The van der Waals surface area contributed by atoms with Crippen molar-refractivity contribution in [3.05, 3.63) is 0 Å². The molecule has 4 heteroatoms. The van der Waals surface area contributed by atoms with Crippen LogP contribution in [0.15, 0.2) is 4.99 Å². The quantitative estimate of drug-likeness (QED) is 0.603. The Bertz CT molecular complexity index is 259. The fourth-order valence-corrected chi connectivity index (χ4v) is 2.82. The van der Waals surface area contributed by atoms with E-state index in [9.17, 15) is 0 Å². The van der Waals surface area contributed by atoms with E-state index in [1.54, 1.807) is 0 Å². The Kier molecular flexibility index (Phi) is 4.66. The third-order valence-electron chi connectivity index (χ3n) is 3.74. The minimum Gasteiger partial charge on any atom is -0.377 e. The van der Waals surface area contributed by atoms with Crippen LogP contribution in [0.2, 0.25) is 0 Å². The molecule has 17 heavy (non-hydrogen) atoms. The zero-order valence-corrected chi connectivity index (χ0v) is 10.9. The molecule has 0 aromatic rings. The number of likely N-dealkylation sites (tertiary alicyclic amines) is 1. The SMILES string of the molecule is CCOC1CCCN(C(N)=NC2CCCC2)C1. The normalized spacial score (nSPS) is 27.7. The van der Waals surface area contributed by atoms with E-state index in [2.05, 4.69) is 16.8 Å². The second kappa shape index (κ2) is 6.24. The van der Waals surface area contributed by atoms with Crippen molar-refractivity contribution in [3.63, 3.8) is 0 Å². The maximum Gasteiger partial charge on any atom is 0.191 e. The first-order valence-corrected chi connectivity index (χ1v) is 6.99. The molecule has 0 aromatic heterocycles. The van der Waals surface area contributed by atoms with Crippen LogP contribution in [0, 0.1) is 0 Å². The molecule has 1 heterocycles. The van der Waals surface area contributed by atoms with Crippen LogP contribution in [0.4, 0.5) is 0 Å². The van der Waals surface area contributed by atoms with Crippen LogP contribution >= 0.6 is 0 Å². The Labute approximate surface area is 104 Å². The summed E-state index contributed by atoms with van der Waals surface area (Å²) >= 11 is 0. The Morgan fingerprint density at radius 3 is 2.76 bits per heavy atom. The molecular formula is C13H25N3O. The molecule has 1 aliphatic carbocycles. The van der Waals surface area contributed by atoms with E-state index in [1.165, 1.54) is 25.7 Å². The molecule has 1 unspecified atom stereocenters. The smallest absolute Gasteiger partial charge is 0.191 e. The predicted molar refractivity (Wildman–Crippen MR) is 70.1 cm³/mol. The van der Waals surface area contributed by atoms with E-state index in [1.807, 2.05) is 0 Å². The fraction of sp³-hybridized carbons (Fsp3) is 0.923. The molecule has 1 aliphatic heterocycles. The van der Waals surface area contributed by atoms with E-state index < -0.39 is 0 Å². The highest BCUT2D eigenvalue weighted by molar-refractivity contribution is 5.78. The van der Waals surface area contributed by atoms with Gasteiger partial charge in [-0.15, -0.1) is 0 Å². The van der Waals surface area contributed by atoms with E-state index in [-0.39, 0.29) is 0 Å². The lowest BCUT2D eigenvalue weighted by Crippen LogP contribution is -2.47. The summed E-state index contributed by atoms with van der Waals surface area (Å²) < 4.78 is 5.68. The lowest BCUT2D eigenvalue weighted by Gasteiger charge is -2.33. The largest absolute Gasteiger partial charge is 0.377 e. The maximum atomic E-state index is 6.11. The van der Waals surface area contributed by atoms with Gasteiger partial charge in [0.15, 0.2) is 5.96 Å². The van der Waals surface area contributed by atoms with Crippen molar-refractivity contribution in [2.45, 2.75) is 57.6 Å². The van der Waals surface area contributed by atoms with Crippen LogP contribution in [-0.2, 0) is 4.74 Å². The van der Waals surface area contributed by atoms with Gasteiger partial charge in [0.1, 0.15) is 0 Å². The van der Waals surface area contributed by atoms with Crippen LogP contribution in [0.25, 0.3) is 0 Å². The van der Waals surface area contributed by atoms with E-state index >= 15 is 0 Å². The molecule has 0 radical (unpaired) electrons. The Morgan fingerprint density at radius 1 is 1.29 bits per heavy atom. The minimum atomic E-state index is 0.339. The van der Waals surface area contributed by atoms with Gasteiger partial charge in [-0.1, -0.05) is 12.8 Å². The van der Waals surface area contributed by atoms with Crippen LogP contribution < -0.4 is 5.73 Å². The molecule has 4 nitrogen and oxygen atoms in total. The monoisotopic (exact) mass is 239 g/mol. The zero-order chi connectivity index (χ0) is 12.1. The number of nitrogens with zero attached hydrogens (tertiary/aromatic N) is 2. The number of nitrogens with two attached hydrogens (primary N) is 1. The van der Waals surface area contributed by atoms with Gasteiger partial charge in [0, 0.05) is 19.7 Å². The number of aliphatic imine (C=N–C) groups is 1. The van der Waals surface area contributed by atoms with Crippen molar-refractivity contribution >= 4 is 5.96 Å². The fourth-order valence-electron chi connectivity index (χ4n) is 2.82. The van der Waals surface area contributed by atoms with Gasteiger partial charge in [-0.25, -0.2) is 4.99 Å². The Hall–Kier alpha value is -0.770. The van der Waals surface area contributed by atoms with Gasteiger partial charge in [-0.05, 0) is 32.6 Å². The molecule has 2 rings (SSSR count). The average molecular weight is 239 g/mol. The van der Waals surface area contributed by atoms with Crippen molar-refractivity contribution < 1.29 is 4.74 Å². The topological polar surface area (TPSA) is 50.9 Å². The van der Waals surface area contributed by atoms with Gasteiger partial charge in [0.05, 0.1) is 12.1 Å². The third kappa shape index (κ3) is 3.60. The highest BCUT2D eigenvalue weighted by Crippen LogP contribution is 2.21. The number of hydrogen-bond acceptors (Lipinski definition) is 2. The van der Waals surface area contributed by atoms with E-state index in [0.717, 1.165) is 38.5 Å². The van der Waals surface area contributed by atoms with Gasteiger partial charge in [0.25, 0.3) is 0 Å². The summed E-state index contributed by atoms with van der Waals surface area (Å²) in [6.45, 7) is 4.79. The summed E-state index contributed by atoms with van der Waals surface area (Å²) in [4.78, 5) is 6.86. The number of piperidine rings is 1. The first kappa shape index (κ1) is 12.7. The summed E-state index contributed by atoms with van der Waals surface area (Å²) in [6.07, 6.45) is 7.69. The van der Waals surface area contributed by atoms with Crippen molar-refractivity contribution in [2.75, 3.05) is 19.7 Å². The molecule has 1 saturated carbocycles. The first-order valence-electron chi connectivity index (χ1n) is 6.99. The van der Waals surface area contributed by atoms with Crippen molar-refractivity contribution in [1.82, 2.24) is 4.90 Å². The van der Waals surface area contributed by atoms with Gasteiger partial charge >= 0.3 is 0 Å². The van der Waals surface area contributed by atoms with Gasteiger partial charge in [0.2, 0.25) is 0 Å². The molecular weight excluding hydrogens is 214 g/mol. The second-order valence-corrected chi connectivity index (χ2v) is 5.09. The summed E-state index contributed by atoms with van der Waals surface area (Å²) in [5, 5.41) is 0. The molecule has 0 spiro atoms. The van der Waals surface area contributed by atoms with Gasteiger partial charge in [-0.2, -0.15) is 0 Å². The zero-order valence-electron chi connectivity index (χ0n) is 10.9. The molecule has 0 amide bonds. The summed E-state index contributed by atoms with van der Waals surface area (Å²) in [6, 6.07) is 0.475. The van der Waals surface area contributed by atoms with Crippen LogP contribution in [0.1, 0.15) is 45.4 Å². The average Bonchev–Trinajstić information content (AvgIpc) is 2.83. The summed E-state index contributed by atoms with van der Waals surface area (Å²) in [7, 11) is 0. The van der Waals surface area contributed by atoms with Gasteiger partial charge < -0.3 is 15.4 Å². The van der Waals surface area contributed by atoms with Crippen molar-refractivity contribution in [2.24, 2.45) is 10.7 Å². The number of hydrogen-bond donors (Lipinski definition) is 1. The third-order valence-corrected chi connectivity index (χ3v) is 3.74. The molecule has 2 aliphatic rings. The maximum absolute atomic E-state index is 6.11. The minimum absolute atomic E-state index is 0.339. The first-order chi connectivity index (χ1) is 8.29. The molecule has 2 N–H and O–H groups in total. The van der Waals surface area contributed by atoms with E-state index in [4.69, 9.17) is 10.5 Å². The highest BCUT2D eigenvalue weighted by Gasteiger charge is 2.22. The molecule has 0 aromatic carbocycles. The lowest BCUT2D eigenvalue weighted by atomic mass is 10.1. The highest BCUT2D eigenvalue weighted by atomic mass is 16.5. The molecule has 1 saturated heterocycles. The van der Waals surface area contributed by atoms with Crippen LogP contribution in [0.3, 0.4) is 0 Å². The molecule has 1 atom stereocenters. The second-order valence-electron chi connectivity index (χ2n) is 5.09. The summed E-state index contributed by atoms with van der Waals surface area (Å²) in [5.74, 6) is 0.737. The standard InChI is InChI=1S/C13H25N3O/c1-2-17-12-8-5-9-16(10-12)13(14)15-11-6-3-4-7-11/h11-12H,2-10H2,1H3,(H2,14,15). The molecule has 98 valence electrons. The molecule has 2 fully saturated rings. The van der Waals surface area contributed by atoms with Crippen LogP contribution in [0.5, 0.6) is 0 Å². The number of ether oxygens (including phenoxy) is 1. The van der Waals surface area contributed by atoms with Gasteiger partial charge in [-0.3, -0.25) is 0 Å². The number of rotatable bonds is 3. The Balaban J connectivity index is 1.87. The molecule has 0 bridgehead atoms. The van der Waals surface area contributed by atoms with E-state index in [0.29, 0.717) is 12.1 Å². The van der Waals surface area contributed by atoms with Crippen molar-refractivity contribution in [1.29, 1.82) is 0 Å². The van der Waals surface area contributed by atoms with Crippen LogP contribution in [-0.4, -0.2) is 42.7 Å².